The molecule has 2 rings (SSSR count). The van der Waals surface area contributed by atoms with E-state index in [4.69, 9.17) is 10.5 Å². The molecule has 1 aliphatic carbocycles. The van der Waals surface area contributed by atoms with Crippen LogP contribution in [0.1, 0.15) is 37.7 Å². The van der Waals surface area contributed by atoms with Gasteiger partial charge in [-0.3, -0.25) is 0 Å². The minimum Gasteiger partial charge on any atom is -0.489 e. The number of nitrogens with two attached hydrogens (primary N) is 1. The van der Waals surface area contributed by atoms with Gasteiger partial charge < -0.3 is 10.5 Å². The van der Waals surface area contributed by atoms with Gasteiger partial charge in [0.05, 0.1) is 10.6 Å². The molecule has 0 aromatic heterocycles. The Morgan fingerprint density at radius 1 is 1.25 bits per heavy atom. The molecule has 2 N–H and O–H groups in total. The van der Waals surface area contributed by atoms with Crippen molar-refractivity contribution in [3.63, 3.8) is 0 Å². The van der Waals surface area contributed by atoms with E-state index in [2.05, 4.69) is 22.9 Å². The SMILES string of the molecule is Cc1ccc(N)c(Br)c1OC1CCCCC1. The highest BCUT2D eigenvalue weighted by Gasteiger charge is 2.17. The molecule has 1 saturated carbocycles. The molecule has 88 valence electrons. The maximum atomic E-state index is 6.07. The normalized spacial score (nSPS) is 17.4. The smallest absolute Gasteiger partial charge is 0.138 e. The molecule has 0 amide bonds. The van der Waals surface area contributed by atoms with Crippen molar-refractivity contribution in [2.24, 2.45) is 0 Å². The topological polar surface area (TPSA) is 35.2 Å². The zero-order valence-electron chi connectivity index (χ0n) is 9.63. The van der Waals surface area contributed by atoms with Crippen molar-refractivity contribution in [2.45, 2.75) is 45.1 Å². The first-order chi connectivity index (χ1) is 7.68. The van der Waals surface area contributed by atoms with Gasteiger partial charge in [0.25, 0.3) is 0 Å². The van der Waals surface area contributed by atoms with E-state index in [9.17, 15) is 0 Å². The summed E-state index contributed by atoms with van der Waals surface area (Å²) in [5.41, 5.74) is 7.76. The number of halogens is 1. The molecule has 1 aromatic carbocycles. The molecule has 0 heterocycles. The maximum Gasteiger partial charge on any atom is 0.138 e. The number of benzene rings is 1. The molecule has 3 heteroatoms. The lowest BCUT2D eigenvalue weighted by atomic mass is 9.98. The van der Waals surface area contributed by atoms with Gasteiger partial charge in [-0.05, 0) is 60.2 Å². The van der Waals surface area contributed by atoms with Crippen LogP contribution in [0, 0.1) is 6.92 Å². The summed E-state index contributed by atoms with van der Waals surface area (Å²) in [4.78, 5) is 0. The van der Waals surface area contributed by atoms with Gasteiger partial charge in [-0.2, -0.15) is 0 Å². The van der Waals surface area contributed by atoms with Gasteiger partial charge in [0.1, 0.15) is 5.75 Å². The number of anilines is 1. The second kappa shape index (κ2) is 5.09. The largest absolute Gasteiger partial charge is 0.489 e. The summed E-state index contributed by atoms with van der Waals surface area (Å²) >= 11 is 3.51. The first kappa shape index (κ1) is 11.8. The fraction of sp³-hybridized carbons (Fsp3) is 0.538. The van der Waals surface area contributed by atoms with Gasteiger partial charge in [0.2, 0.25) is 0 Å². The first-order valence-electron chi connectivity index (χ1n) is 5.89. The number of nitrogen functional groups attached to an aromatic ring is 1. The monoisotopic (exact) mass is 283 g/mol. The number of hydrogen-bond donors (Lipinski definition) is 1. The average Bonchev–Trinajstić information content (AvgIpc) is 2.31. The lowest BCUT2D eigenvalue weighted by Crippen LogP contribution is -2.20. The van der Waals surface area contributed by atoms with Gasteiger partial charge in [0, 0.05) is 5.69 Å². The van der Waals surface area contributed by atoms with Crippen molar-refractivity contribution >= 4 is 21.6 Å². The van der Waals surface area contributed by atoms with Gasteiger partial charge in [-0.15, -0.1) is 0 Å². The minimum atomic E-state index is 0.366. The standard InChI is InChI=1S/C13H18BrNO/c1-9-7-8-11(15)12(14)13(9)16-10-5-3-2-4-6-10/h7-8,10H,2-6,15H2,1H3. The Balaban J connectivity index is 2.16. The lowest BCUT2D eigenvalue weighted by molar-refractivity contribution is 0.153. The molecule has 0 bridgehead atoms. The number of rotatable bonds is 2. The van der Waals surface area contributed by atoms with Gasteiger partial charge in [0.15, 0.2) is 0 Å². The Labute approximate surface area is 105 Å². The molecular formula is C13H18BrNO. The van der Waals surface area contributed by atoms with Crippen LogP contribution in [0.2, 0.25) is 0 Å². The fourth-order valence-electron chi connectivity index (χ4n) is 2.16. The van der Waals surface area contributed by atoms with Crippen LogP contribution in [-0.2, 0) is 0 Å². The zero-order valence-corrected chi connectivity index (χ0v) is 11.2. The van der Waals surface area contributed by atoms with Crippen molar-refractivity contribution < 1.29 is 4.74 Å². The zero-order chi connectivity index (χ0) is 11.5. The predicted molar refractivity (Wildman–Crippen MR) is 70.8 cm³/mol. The molecule has 1 aliphatic rings. The van der Waals surface area contributed by atoms with Crippen LogP contribution in [-0.4, -0.2) is 6.10 Å². The highest BCUT2D eigenvalue weighted by atomic mass is 79.9. The third-order valence-corrected chi connectivity index (χ3v) is 3.98. The second-order valence-electron chi connectivity index (χ2n) is 4.49. The Morgan fingerprint density at radius 3 is 2.62 bits per heavy atom. The van der Waals surface area contributed by atoms with Crippen LogP contribution in [0.3, 0.4) is 0 Å². The van der Waals surface area contributed by atoms with E-state index in [0.717, 1.165) is 21.5 Å². The molecule has 1 fully saturated rings. The van der Waals surface area contributed by atoms with Crippen molar-refractivity contribution in [3.05, 3.63) is 22.2 Å². The lowest BCUT2D eigenvalue weighted by Gasteiger charge is -2.24. The van der Waals surface area contributed by atoms with Crippen LogP contribution < -0.4 is 10.5 Å². The summed E-state index contributed by atoms with van der Waals surface area (Å²) in [6.45, 7) is 2.06. The molecule has 1 aromatic rings. The van der Waals surface area contributed by atoms with Crippen molar-refractivity contribution in [1.29, 1.82) is 0 Å². The summed E-state index contributed by atoms with van der Waals surface area (Å²) in [5.74, 6) is 0.923. The summed E-state index contributed by atoms with van der Waals surface area (Å²) in [6, 6.07) is 3.92. The molecule has 0 radical (unpaired) electrons. The van der Waals surface area contributed by atoms with Crippen LogP contribution in [0.4, 0.5) is 5.69 Å². The van der Waals surface area contributed by atoms with Crippen LogP contribution in [0.25, 0.3) is 0 Å². The molecule has 2 nitrogen and oxygen atoms in total. The predicted octanol–water partition coefficient (Wildman–Crippen LogP) is 4.05. The molecule has 0 saturated heterocycles. The van der Waals surface area contributed by atoms with E-state index in [1.807, 2.05) is 12.1 Å². The molecule has 0 atom stereocenters. The van der Waals surface area contributed by atoms with Crippen molar-refractivity contribution in [3.8, 4) is 5.75 Å². The summed E-state index contributed by atoms with van der Waals surface area (Å²) in [5, 5.41) is 0. The minimum absolute atomic E-state index is 0.366. The summed E-state index contributed by atoms with van der Waals surface area (Å²) in [7, 11) is 0. The third-order valence-electron chi connectivity index (χ3n) is 3.16. The quantitative estimate of drug-likeness (QED) is 0.831. The van der Waals surface area contributed by atoms with E-state index in [-0.39, 0.29) is 0 Å². The van der Waals surface area contributed by atoms with Crippen LogP contribution in [0.15, 0.2) is 16.6 Å². The average molecular weight is 284 g/mol. The third kappa shape index (κ3) is 2.51. The Kier molecular flexibility index (Phi) is 3.74. The van der Waals surface area contributed by atoms with Crippen molar-refractivity contribution in [1.82, 2.24) is 0 Å². The van der Waals surface area contributed by atoms with E-state index < -0.39 is 0 Å². The number of hydrogen-bond acceptors (Lipinski definition) is 2. The Hall–Kier alpha value is -0.700. The molecule has 0 aliphatic heterocycles. The fourth-order valence-corrected chi connectivity index (χ4v) is 2.70. The van der Waals surface area contributed by atoms with Crippen LogP contribution in [0.5, 0.6) is 5.75 Å². The van der Waals surface area contributed by atoms with Gasteiger partial charge in [-0.25, -0.2) is 0 Å². The van der Waals surface area contributed by atoms with E-state index in [0.29, 0.717) is 6.10 Å². The molecule has 0 unspecified atom stereocenters. The van der Waals surface area contributed by atoms with Crippen molar-refractivity contribution in [2.75, 3.05) is 5.73 Å². The van der Waals surface area contributed by atoms with E-state index in [1.54, 1.807) is 0 Å². The summed E-state index contributed by atoms with van der Waals surface area (Å²) < 4.78 is 6.97. The first-order valence-corrected chi connectivity index (χ1v) is 6.69. The summed E-state index contributed by atoms with van der Waals surface area (Å²) in [6.07, 6.45) is 6.61. The highest BCUT2D eigenvalue weighted by Crippen LogP contribution is 2.36. The van der Waals surface area contributed by atoms with Crippen LogP contribution >= 0.6 is 15.9 Å². The Morgan fingerprint density at radius 2 is 1.94 bits per heavy atom. The second-order valence-corrected chi connectivity index (χ2v) is 5.29. The van der Waals surface area contributed by atoms with E-state index in [1.165, 1.54) is 32.1 Å². The number of aryl methyl sites for hydroxylation is 1. The highest BCUT2D eigenvalue weighted by molar-refractivity contribution is 9.10. The molecule has 16 heavy (non-hydrogen) atoms. The molecule has 0 spiro atoms. The van der Waals surface area contributed by atoms with E-state index >= 15 is 0 Å². The molecular weight excluding hydrogens is 266 g/mol. The Bertz CT molecular complexity index is 372. The maximum absolute atomic E-state index is 6.07. The van der Waals surface area contributed by atoms with Gasteiger partial charge in [-0.1, -0.05) is 12.5 Å². The van der Waals surface area contributed by atoms with Gasteiger partial charge >= 0.3 is 0 Å². The number of ether oxygens (including phenoxy) is 1.